The van der Waals surface area contributed by atoms with E-state index >= 15 is 0 Å². The third-order valence-corrected chi connectivity index (χ3v) is 2.09. The number of hydrogen-bond donors (Lipinski definition) is 2. The zero-order valence-electron chi connectivity index (χ0n) is 11.8. The molecule has 0 saturated heterocycles. The molecule has 0 aliphatic rings. The van der Waals surface area contributed by atoms with Gasteiger partial charge in [-0.2, -0.15) is 15.0 Å². The minimum atomic E-state index is -0.274. The maximum Gasteiger partial charge on any atom is 0.239 e. The molecular weight excluding hydrogens is 268 g/mol. The van der Waals surface area contributed by atoms with Crippen molar-refractivity contribution in [1.82, 2.24) is 20.3 Å². The van der Waals surface area contributed by atoms with Gasteiger partial charge in [-0.25, -0.2) is 0 Å². The molecule has 8 heteroatoms. The van der Waals surface area contributed by atoms with Crippen molar-refractivity contribution in [2.45, 2.75) is 26.3 Å². The first-order valence-electron chi connectivity index (χ1n) is 5.81. The van der Waals surface area contributed by atoms with Gasteiger partial charge in [-0.15, -0.1) is 0 Å². The molecule has 1 aromatic rings. The van der Waals surface area contributed by atoms with E-state index in [1.165, 1.54) is 0 Å². The zero-order chi connectivity index (χ0) is 14.6. The number of aromatic nitrogens is 3. The lowest BCUT2D eigenvalue weighted by molar-refractivity contribution is -0.120. The first kappa shape index (κ1) is 15.4. The van der Waals surface area contributed by atoms with Crippen molar-refractivity contribution >= 4 is 29.4 Å². The fraction of sp³-hybridized carbons (Fsp3) is 0.636. The van der Waals surface area contributed by atoms with Crippen molar-refractivity contribution in [3.8, 4) is 0 Å². The molecule has 0 bridgehead atoms. The fourth-order valence-corrected chi connectivity index (χ4v) is 1.40. The van der Waals surface area contributed by atoms with Crippen LogP contribution in [-0.2, 0) is 4.79 Å². The van der Waals surface area contributed by atoms with Crippen LogP contribution in [0.15, 0.2) is 0 Å². The molecule has 1 aromatic heterocycles. The van der Waals surface area contributed by atoms with Crippen LogP contribution in [0.3, 0.4) is 0 Å². The third-order valence-electron chi connectivity index (χ3n) is 1.92. The Morgan fingerprint density at radius 2 is 1.89 bits per heavy atom. The van der Waals surface area contributed by atoms with Gasteiger partial charge in [0.15, 0.2) is 0 Å². The van der Waals surface area contributed by atoms with Gasteiger partial charge in [-0.3, -0.25) is 4.79 Å². The number of amides is 1. The maximum atomic E-state index is 11.6. The molecule has 0 spiro atoms. The van der Waals surface area contributed by atoms with E-state index in [0.29, 0.717) is 5.95 Å². The average molecular weight is 287 g/mol. The Balaban J connectivity index is 2.65. The molecule has 0 fully saturated rings. The lowest BCUT2D eigenvalue weighted by atomic mass is 10.1. The lowest BCUT2D eigenvalue weighted by Gasteiger charge is -2.20. The standard InChI is InChI=1S/C11H19ClN6O/c1-11(2,3)17-7(19)6-13-9-14-8(12)15-10(16-9)18(4)5/h6H2,1-5H3,(H,17,19)(H,13,14,15,16). The van der Waals surface area contributed by atoms with Crippen LogP contribution in [0.4, 0.5) is 11.9 Å². The van der Waals surface area contributed by atoms with E-state index in [2.05, 4.69) is 25.6 Å². The highest BCUT2D eigenvalue weighted by atomic mass is 35.5. The van der Waals surface area contributed by atoms with Gasteiger partial charge in [-0.1, -0.05) is 0 Å². The van der Waals surface area contributed by atoms with Crippen molar-refractivity contribution in [3.05, 3.63) is 5.28 Å². The molecule has 2 N–H and O–H groups in total. The monoisotopic (exact) mass is 286 g/mol. The number of anilines is 2. The number of hydrogen-bond acceptors (Lipinski definition) is 6. The van der Waals surface area contributed by atoms with Crippen LogP contribution in [0.25, 0.3) is 0 Å². The molecule has 0 atom stereocenters. The zero-order valence-corrected chi connectivity index (χ0v) is 12.5. The van der Waals surface area contributed by atoms with E-state index < -0.39 is 0 Å². The summed E-state index contributed by atoms with van der Waals surface area (Å²) in [4.78, 5) is 25.3. The molecule has 1 amide bonds. The van der Waals surface area contributed by atoms with Gasteiger partial charge in [0.1, 0.15) is 0 Å². The normalized spacial score (nSPS) is 11.1. The maximum absolute atomic E-state index is 11.6. The second kappa shape index (κ2) is 6.01. The van der Waals surface area contributed by atoms with Crippen LogP contribution < -0.4 is 15.5 Å². The Labute approximate surface area is 117 Å². The van der Waals surface area contributed by atoms with Gasteiger partial charge in [0.25, 0.3) is 0 Å². The number of nitrogens with one attached hydrogen (secondary N) is 2. The molecule has 19 heavy (non-hydrogen) atoms. The quantitative estimate of drug-likeness (QED) is 0.856. The summed E-state index contributed by atoms with van der Waals surface area (Å²) < 4.78 is 0. The topological polar surface area (TPSA) is 83.0 Å². The number of halogens is 1. The smallest absolute Gasteiger partial charge is 0.239 e. The second-order valence-corrected chi connectivity index (χ2v) is 5.61. The number of carbonyl (C=O) groups is 1. The number of nitrogens with zero attached hydrogens (tertiary/aromatic N) is 4. The molecule has 1 rings (SSSR count). The minimum absolute atomic E-state index is 0.0739. The Morgan fingerprint density at radius 3 is 2.42 bits per heavy atom. The Bertz CT molecular complexity index is 457. The molecule has 1 heterocycles. The van der Waals surface area contributed by atoms with Crippen LogP contribution >= 0.6 is 11.6 Å². The summed E-state index contributed by atoms with van der Waals surface area (Å²) in [6, 6.07) is 0. The summed E-state index contributed by atoms with van der Waals surface area (Å²) in [5, 5.41) is 5.72. The van der Waals surface area contributed by atoms with Crippen LogP contribution in [0.2, 0.25) is 5.28 Å². The molecule has 0 aromatic carbocycles. The minimum Gasteiger partial charge on any atom is -0.350 e. The van der Waals surface area contributed by atoms with Gasteiger partial charge in [0.2, 0.25) is 23.1 Å². The van der Waals surface area contributed by atoms with Gasteiger partial charge < -0.3 is 15.5 Å². The van der Waals surface area contributed by atoms with E-state index in [4.69, 9.17) is 11.6 Å². The summed E-state index contributed by atoms with van der Waals surface area (Å²) >= 11 is 5.79. The van der Waals surface area contributed by atoms with Crippen molar-refractivity contribution in [2.75, 3.05) is 30.9 Å². The van der Waals surface area contributed by atoms with Gasteiger partial charge in [0.05, 0.1) is 6.54 Å². The van der Waals surface area contributed by atoms with Crippen LogP contribution in [0, 0.1) is 0 Å². The summed E-state index contributed by atoms with van der Waals surface area (Å²) in [5.41, 5.74) is -0.274. The highest BCUT2D eigenvalue weighted by Gasteiger charge is 2.14. The SMILES string of the molecule is CN(C)c1nc(Cl)nc(NCC(=O)NC(C)(C)C)n1. The fourth-order valence-electron chi connectivity index (χ4n) is 1.24. The largest absolute Gasteiger partial charge is 0.350 e. The van der Waals surface area contributed by atoms with Crippen molar-refractivity contribution in [1.29, 1.82) is 0 Å². The van der Waals surface area contributed by atoms with Crippen molar-refractivity contribution in [2.24, 2.45) is 0 Å². The van der Waals surface area contributed by atoms with E-state index in [9.17, 15) is 4.79 Å². The third kappa shape index (κ3) is 5.69. The number of rotatable bonds is 4. The molecule has 0 saturated carbocycles. The van der Waals surface area contributed by atoms with Crippen LogP contribution in [0.5, 0.6) is 0 Å². The second-order valence-electron chi connectivity index (χ2n) is 5.27. The Morgan fingerprint density at radius 1 is 1.26 bits per heavy atom. The molecule has 0 aliphatic heterocycles. The van der Waals surface area contributed by atoms with E-state index in [1.54, 1.807) is 19.0 Å². The van der Waals surface area contributed by atoms with E-state index in [1.807, 2.05) is 20.8 Å². The number of carbonyl (C=O) groups excluding carboxylic acids is 1. The Kier molecular flexibility index (Phi) is 4.88. The summed E-state index contributed by atoms with van der Waals surface area (Å²) in [7, 11) is 3.59. The van der Waals surface area contributed by atoms with Gasteiger partial charge in [0, 0.05) is 19.6 Å². The highest BCUT2D eigenvalue weighted by Crippen LogP contribution is 2.11. The molecule has 0 radical (unpaired) electrons. The lowest BCUT2D eigenvalue weighted by Crippen LogP contribution is -2.43. The Hall–Kier alpha value is -1.63. The molecule has 106 valence electrons. The van der Waals surface area contributed by atoms with Crippen molar-refractivity contribution in [3.63, 3.8) is 0 Å². The van der Waals surface area contributed by atoms with E-state index in [0.717, 1.165) is 0 Å². The summed E-state index contributed by atoms with van der Waals surface area (Å²) in [6.45, 7) is 5.81. The van der Waals surface area contributed by atoms with Crippen LogP contribution in [-0.4, -0.2) is 47.0 Å². The molecule has 0 unspecified atom stereocenters. The summed E-state index contributed by atoms with van der Waals surface area (Å²) in [5.74, 6) is 0.557. The molecule has 0 aliphatic carbocycles. The van der Waals surface area contributed by atoms with Crippen molar-refractivity contribution < 1.29 is 4.79 Å². The van der Waals surface area contributed by atoms with Gasteiger partial charge >= 0.3 is 0 Å². The highest BCUT2D eigenvalue weighted by molar-refractivity contribution is 6.28. The summed E-state index contributed by atoms with van der Waals surface area (Å²) in [6.07, 6.45) is 0. The first-order chi connectivity index (χ1) is 8.67. The van der Waals surface area contributed by atoms with Gasteiger partial charge in [-0.05, 0) is 32.4 Å². The first-order valence-corrected chi connectivity index (χ1v) is 6.19. The molecule has 7 nitrogen and oxygen atoms in total. The van der Waals surface area contributed by atoms with E-state index in [-0.39, 0.29) is 29.2 Å². The average Bonchev–Trinajstić information content (AvgIpc) is 2.23. The van der Waals surface area contributed by atoms with Crippen LogP contribution in [0.1, 0.15) is 20.8 Å². The predicted molar refractivity (Wildman–Crippen MR) is 75.5 cm³/mol. The molecular formula is C11H19ClN6O. The predicted octanol–water partition coefficient (Wildman–Crippen LogP) is 0.918.